The SMILES string of the molecule is COc1cc(C(C(N)=O)N(CCc2cccnc2)Cc2ccncc2)cc(OC)c1OC. The predicted octanol–water partition coefficient (Wildman–Crippen LogP) is 2.77. The average molecular weight is 437 g/mol. The zero-order valence-corrected chi connectivity index (χ0v) is 18.5. The monoisotopic (exact) mass is 436 g/mol. The quantitative estimate of drug-likeness (QED) is 0.493. The van der Waals surface area contributed by atoms with Gasteiger partial charge < -0.3 is 19.9 Å². The summed E-state index contributed by atoms with van der Waals surface area (Å²) in [6.45, 7) is 1.09. The number of amides is 1. The van der Waals surface area contributed by atoms with Crippen LogP contribution in [0.1, 0.15) is 22.7 Å². The second-order valence-electron chi connectivity index (χ2n) is 7.20. The van der Waals surface area contributed by atoms with E-state index in [1.54, 1.807) is 30.7 Å². The third-order valence-corrected chi connectivity index (χ3v) is 5.18. The molecule has 3 rings (SSSR count). The van der Waals surface area contributed by atoms with Gasteiger partial charge in [-0.3, -0.25) is 19.7 Å². The van der Waals surface area contributed by atoms with Crippen LogP contribution < -0.4 is 19.9 Å². The van der Waals surface area contributed by atoms with E-state index in [9.17, 15) is 4.79 Å². The second-order valence-corrected chi connectivity index (χ2v) is 7.20. The number of carbonyl (C=O) groups is 1. The lowest BCUT2D eigenvalue weighted by Gasteiger charge is -2.30. The van der Waals surface area contributed by atoms with Crippen molar-refractivity contribution in [2.45, 2.75) is 19.0 Å². The normalized spacial score (nSPS) is 11.8. The Morgan fingerprint density at radius 1 is 0.969 bits per heavy atom. The van der Waals surface area contributed by atoms with Crippen molar-refractivity contribution in [1.29, 1.82) is 0 Å². The van der Waals surface area contributed by atoms with E-state index in [2.05, 4.69) is 9.97 Å². The molecule has 8 heteroatoms. The molecule has 0 spiro atoms. The van der Waals surface area contributed by atoms with E-state index in [0.717, 1.165) is 11.1 Å². The van der Waals surface area contributed by atoms with Crippen LogP contribution >= 0.6 is 0 Å². The van der Waals surface area contributed by atoms with Gasteiger partial charge in [0.25, 0.3) is 0 Å². The van der Waals surface area contributed by atoms with Crippen molar-refractivity contribution < 1.29 is 19.0 Å². The van der Waals surface area contributed by atoms with Crippen LogP contribution in [0.5, 0.6) is 17.2 Å². The molecule has 0 bridgehead atoms. The minimum Gasteiger partial charge on any atom is -0.493 e. The Morgan fingerprint density at radius 2 is 1.66 bits per heavy atom. The molecule has 2 aromatic heterocycles. The summed E-state index contributed by atoms with van der Waals surface area (Å²) in [5, 5.41) is 0. The Bertz CT molecular complexity index is 990. The number of nitrogens with two attached hydrogens (primary N) is 1. The number of ether oxygens (including phenoxy) is 3. The fourth-order valence-electron chi connectivity index (χ4n) is 3.66. The van der Waals surface area contributed by atoms with Gasteiger partial charge in [0.1, 0.15) is 6.04 Å². The molecule has 3 aromatic rings. The summed E-state index contributed by atoms with van der Waals surface area (Å²) >= 11 is 0. The first-order valence-corrected chi connectivity index (χ1v) is 10.2. The highest BCUT2D eigenvalue weighted by Gasteiger charge is 2.28. The van der Waals surface area contributed by atoms with Crippen molar-refractivity contribution in [1.82, 2.24) is 14.9 Å². The molecule has 8 nitrogen and oxygen atoms in total. The first-order valence-electron chi connectivity index (χ1n) is 10.2. The van der Waals surface area contributed by atoms with E-state index >= 15 is 0 Å². The number of rotatable bonds is 11. The van der Waals surface area contributed by atoms with Gasteiger partial charge in [-0.05, 0) is 53.4 Å². The molecule has 168 valence electrons. The van der Waals surface area contributed by atoms with Gasteiger partial charge in [0.15, 0.2) is 11.5 Å². The Kier molecular flexibility index (Phi) is 7.99. The Labute approximate surface area is 188 Å². The fraction of sp³-hybridized carbons (Fsp3) is 0.292. The number of methoxy groups -OCH3 is 3. The van der Waals surface area contributed by atoms with E-state index in [0.29, 0.717) is 42.3 Å². The standard InChI is InChI=1S/C24H28N4O4/c1-30-20-13-19(14-21(31-2)23(20)32-3)22(24(25)29)28(16-18-6-10-26-11-7-18)12-8-17-5-4-9-27-15-17/h4-7,9-11,13-15,22H,8,12,16H2,1-3H3,(H2,25,29). The average Bonchev–Trinajstić information content (AvgIpc) is 2.82. The number of carbonyl (C=O) groups excluding carboxylic acids is 1. The van der Waals surface area contributed by atoms with Crippen LogP contribution in [0.15, 0.2) is 61.2 Å². The lowest BCUT2D eigenvalue weighted by atomic mass is 10.0. The topological polar surface area (TPSA) is 99.8 Å². The number of benzene rings is 1. The predicted molar refractivity (Wildman–Crippen MR) is 121 cm³/mol. The molecule has 32 heavy (non-hydrogen) atoms. The zero-order valence-electron chi connectivity index (χ0n) is 18.5. The van der Waals surface area contributed by atoms with Crippen molar-refractivity contribution in [2.24, 2.45) is 5.73 Å². The van der Waals surface area contributed by atoms with Crippen LogP contribution in [0.4, 0.5) is 0 Å². The summed E-state index contributed by atoms with van der Waals surface area (Å²) in [6, 6.07) is 10.6. The first kappa shape index (κ1) is 23.0. The maximum Gasteiger partial charge on any atom is 0.239 e. The molecule has 0 radical (unpaired) electrons. The van der Waals surface area contributed by atoms with Gasteiger partial charge in [0.05, 0.1) is 21.3 Å². The summed E-state index contributed by atoms with van der Waals surface area (Å²) < 4.78 is 16.4. The summed E-state index contributed by atoms with van der Waals surface area (Å²) in [6.07, 6.45) is 7.72. The number of hydrogen-bond acceptors (Lipinski definition) is 7. The number of aromatic nitrogens is 2. The fourth-order valence-corrected chi connectivity index (χ4v) is 3.66. The highest BCUT2D eigenvalue weighted by Crippen LogP contribution is 2.40. The summed E-state index contributed by atoms with van der Waals surface area (Å²) in [5.41, 5.74) is 8.68. The largest absolute Gasteiger partial charge is 0.493 e. The van der Waals surface area contributed by atoms with Crippen molar-refractivity contribution in [3.63, 3.8) is 0 Å². The molecule has 1 amide bonds. The van der Waals surface area contributed by atoms with E-state index in [1.165, 1.54) is 21.3 Å². The Morgan fingerprint density at radius 3 is 2.19 bits per heavy atom. The van der Waals surface area contributed by atoms with E-state index in [4.69, 9.17) is 19.9 Å². The molecule has 0 saturated carbocycles. The lowest BCUT2D eigenvalue weighted by molar-refractivity contribution is -0.123. The van der Waals surface area contributed by atoms with E-state index in [1.807, 2.05) is 35.4 Å². The highest BCUT2D eigenvalue weighted by molar-refractivity contribution is 5.82. The molecule has 2 heterocycles. The van der Waals surface area contributed by atoms with Crippen LogP contribution in [-0.2, 0) is 17.8 Å². The molecule has 0 saturated heterocycles. The maximum absolute atomic E-state index is 12.7. The summed E-state index contributed by atoms with van der Waals surface area (Å²) in [7, 11) is 4.62. The zero-order chi connectivity index (χ0) is 22.9. The molecule has 0 aliphatic carbocycles. The molecule has 1 unspecified atom stereocenters. The maximum atomic E-state index is 12.7. The lowest BCUT2D eigenvalue weighted by Crippen LogP contribution is -2.38. The smallest absolute Gasteiger partial charge is 0.239 e. The molecule has 1 aromatic carbocycles. The molecule has 0 aliphatic heterocycles. The Hall–Kier alpha value is -3.65. The van der Waals surface area contributed by atoms with Crippen LogP contribution in [0.3, 0.4) is 0 Å². The molecule has 0 aliphatic rings. The van der Waals surface area contributed by atoms with Gasteiger partial charge in [-0.25, -0.2) is 0 Å². The summed E-state index contributed by atoms with van der Waals surface area (Å²) in [5.74, 6) is 0.908. The van der Waals surface area contributed by atoms with Crippen LogP contribution in [0.25, 0.3) is 0 Å². The minimum atomic E-state index is -0.714. The molecular weight excluding hydrogens is 408 g/mol. The van der Waals surface area contributed by atoms with Crippen molar-refractivity contribution >= 4 is 5.91 Å². The number of nitrogens with zero attached hydrogens (tertiary/aromatic N) is 3. The van der Waals surface area contributed by atoms with Crippen molar-refractivity contribution in [3.05, 3.63) is 77.9 Å². The van der Waals surface area contributed by atoms with Gasteiger partial charge in [-0.1, -0.05) is 6.07 Å². The van der Waals surface area contributed by atoms with Crippen molar-refractivity contribution in [2.75, 3.05) is 27.9 Å². The van der Waals surface area contributed by atoms with Crippen LogP contribution in [0, 0.1) is 0 Å². The van der Waals surface area contributed by atoms with Gasteiger partial charge >= 0.3 is 0 Å². The third-order valence-electron chi connectivity index (χ3n) is 5.18. The molecule has 2 N–H and O–H groups in total. The highest BCUT2D eigenvalue weighted by atomic mass is 16.5. The third kappa shape index (κ3) is 5.53. The minimum absolute atomic E-state index is 0.456. The molecule has 0 fully saturated rings. The Balaban J connectivity index is 2.01. The number of primary amides is 1. The van der Waals surface area contributed by atoms with Crippen LogP contribution in [-0.4, -0.2) is 48.6 Å². The molecule has 1 atom stereocenters. The van der Waals surface area contributed by atoms with Gasteiger partial charge in [-0.15, -0.1) is 0 Å². The van der Waals surface area contributed by atoms with Crippen molar-refractivity contribution in [3.8, 4) is 17.2 Å². The van der Waals surface area contributed by atoms with Gasteiger partial charge in [0, 0.05) is 37.9 Å². The summed E-state index contributed by atoms with van der Waals surface area (Å²) in [4.78, 5) is 23.0. The number of pyridine rings is 2. The first-order chi connectivity index (χ1) is 15.6. The van der Waals surface area contributed by atoms with Gasteiger partial charge in [-0.2, -0.15) is 0 Å². The number of hydrogen-bond donors (Lipinski definition) is 1. The van der Waals surface area contributed by atoms with E-state index < -0.39 is 11.9 Å². The van der Waals surface area contributed by atoms with Gasteiger partial charge in [0.2, 0.25) is 11.7 Å². The van der Waals surface area contributed by atoms with Crippen LogP contribution in [0.2, 0.25) is 0 Å². The molecular formula is C24H28N4O4. The van der Waals surface area contributed by atoms with E-state index in [-0.39, 0.29) is 0 Å². The second kappa shape index (κ2) is 11.1.